The third kappa shape index (κ3) is 3.50. The second-order valence-corrected chi connectivity index (χ2v) is 7.18. The second-order valence-electron chi connectivity index (χ2n) is 7.18. The van der Waals surface area contributed by atoms with Gasteiger partial charge in [-0.2, -0.15) is 0 Å². The van der Waals surface area contributed by atoms with Crippen LogP contribution in [0.3, 0.4) is 0 Å². The third-order valence-electron chi connectivity index (χ3n) is 5.39. The molecule has 1 fully saturated rings. The zero-order valence-electron chi connectivity index (χ0n) is 14.7. The van der Waals surface area contributed by atoms with Crippen LogP contribution in [0.15, 0.2) is 30.3 Å². The Balaban J connectivity index is 1.96. The Kier molecular flexibility index (Phi) is 5.37. The van der Waals surface area contributed by atoms with Gasteiger partial charge >= 0.3 is 0 Å². The van der Waals surface area contributed by atoms with Crippen molar-refractivity contribution in [3.05, 3.63) is 59.2 Å². The lowest BCUT2D eigenvalue weighted by Crippen LogP contribution is -2.33. The number of hydrogen-bond donors (Lipinski definition) is 1. The molecule has 5 heteroatoms. The normalized spacial score (nSPS) is 23.2. The van der Waals surface area contributed by atoms with E-state index in [0.29, 0.717) is 18.8 Å². The zero-order chi connectivity index (χ0) is 18.9. The molecule has 0 radical (unpaired) electrons. The fourth-order valence-electron chi connectivity index (χ4n) is 4.04. The van der Waals surface area contributed by atoms with Crippen molar-refractivity contribution in [2.45, 2.75) is 51.0 Å². The molecule has 1 N–H and O–H groups in total. The molecule has 0 unspecified atom stereocenters. The van der Waals surface area contributed by atoms with Crippen LogP contribution in [0.2, 0.25) is 0 Å². The lowest BCUT2D eigenvalue weighted by atomic mass is 9.73. The van der Waals surface area contributed by atoms with Crippen LogP contribution in [0.4, 0.5) is 17.6 Å². The van der Waals surface area contributed by atoms with Gasteiger partial charge < -0.3 is 5.11 Å². The number of halogens is 4. The highest BCUT2D eigenvalue weighted by molar-refractivity contribution is 5.65. The van der Waals surface area contributed by atoms with Gasteiger partial charge in [0.2, 0.25) is 0 Å². The van der Waals surface area contributed by atoms with Crippen molar-refractivity contribution in [3.63, 3.8) is 0 Å². The number of aliphatic hydroxyl groups is 1. The van der Waals surface area contributed by atoms with E-state index < -0.39 is 40.0 Å². The Morgan fingerprint density at radius 1 is 0.962 bits per heavy atom. The van der Waals surface area contributed by atoms with Crippen molar-refractivity contribution in [1.29, 1.82) is 0 Å². The van der Waals surface area contributed by atoms with E-state index >= 15 is 0 Å². The number of rotatable bonds is 4. The van der Waals surface area contributed by atoms with Gasteiger partial charge in [-0.25, -0.2) is 17.6 Å². The first-order chi connectivity index (χ1) is 12.4. The summed E-state index contributed by atoms with van der Waals surface area (Å²) in [5.41, 5.74) is -2.67. The van der Waals surface area contributed by atoms with E-state index in [0.717, 1.165) is 37.1 Å². The van der Waals surface area contributed by atoms with Crippen LogP contribution in [-0.4, -0.2) is 5.11 Å². The topological polar surface area (TPSA) is 20.2 Å². The summed E-state index contributed by atoms with van der Waals surface area (Å²) < 4.78 is 57.2. The molecular formula is C21H22F4O. The summed E-state index contributed by atoms with van der Waals surface area (Å²) in [7, 11) is 0. The fourth-order valence-corrected chi connectivity index (χ4v) is 4.04. The van der Waals surface area contributed by atoms with E-state index in [1.54, 1.807) is 0 Å². The zero-order valence-corrected chi connectivity index (χ0v) is 14.7. The predicted octanol–water partition coefficient (Wildman–Crippen LogP) is 6.09. The lowest BCUT2D eigenvalue weighted by Gasteiger charge is -2.36. The molecule has 2 aromatic rings. The minimum Gasteiger partial charge on any atom is -0.385 e. The van der Waals surface area contributed by atoms with Crippen molar-refractivity contribution in [1.82, 2.24) is 0 Å². The van der Waals surface area contributed by atoms with Crippen molar-refractivity contribution in [2.75, 3.05) is 0 Å². The monoisotopic (exact) mass is 366 g/mol. The van der Waals surface area contributed by atoms with E-state index in [2.05, 4.69) is 6.92 Å². The highest BCUT2D eigenvalue weighted by Gasteiger charge is 2.39. The highest BCUT2D eigenvalue weighted by Crippen LogP contribution is 2.43. The average Bonchev–Trinajstić information content (AvgIpc) is 2.56. The molecule has 2 aromatic carbocycles. The Morgan fingerprint density at radius 2 is 1.50 bits per heavy atom. The van der Waals surface area contributed by atoms with Crippen LogP contribution in [-0.2, 0) is 5.60 Å². The van der Waals surface area contributed by atoms with Crippen LogP contribution in [0.5, 0.6) is 0 Å². The largest absolute Gasteiger partial charge is 0.385 e. The average molecular weight is 366 g/mol. The highest BCUT2D eigenvalue weighted by atomic mass is 19.1. The van der Waals surface area contributed by atoms with Crippen LogP contribution < -0.4 is 0 Å². The van der Waals surface area contributed by atoms with Gasteiger partial charge in [0.1, 0.15) is 23.3 Å². The van der Waals surface area contributed by atoms with Gasteiger partial charge in [-0.15, -0.1) is 0 Å². The van der Waals surface area contributed by atoms with Gasteiger partial charge in [-0.3, -0.25) is 0 Å². The summed E-state index contributed by atoms with van der Waals surface area (Å²) in [5, 5.41) is 10.8. The molecule has 0 atom stereocenters. The first kappa shape index (κ1) is 18.9. The van der Waals surface area contributed by atoms with Crippen molar-refractivity contribution in [3.8, 4) is 11.1 Å². The molecule has 0 saturated heterocycles. The van der Waals surface area contributed by atoms with Gasteiger partial charge in [-0.1, -0.05) is 25.8 Å². The van der Waals surface area contributed by atoms with Gasteiger partial charge in [0.15, 0.2) is 0 Å². The molecule has 1 saturated carbocycles. The maximum absolute atomic E-state index is 14.7. The molecule has 1 nitrogen and oxygen atoms in total. The molecule has 0 spiro atoms. The van der Waals surface area contributed by atoms with Gasteiger partial charge in [-0.05, 0) is 61.4 Å². The predicted molar refractivity (Wildman–Crippen MR) is 92.5 cm³/mol. The molecular weight excluding hydrogens is 344 g/mol. The van der Waals surface area contributed by atoms with E-state index in [-0.39, 0.29) is 18.4 Å². The Hall–Kier alpha value is -1.88. The van der Waals surface area contributed by atoms with Gasteiger partial charge in [0, 0.05) is 0 Å². The van der Waals surface area contributed by atoms with Crippen LogP contribution in [0.1, 0.15) is 51.0 Å². The third-order valence-corrected chi connectivity index (χ3v) is 5.39. The molecule has 0 bridgehead atoms. The van der Waals surface area contributed by atoms with Crippen molar-refractivity contribution >= 4 is 0 Å². The standard InChI is InChI=1S/C21H22F4O/c1-2-4-13-7-9-21(26,10-8-13)20-17(24)11-14(12-18(20)25)19-15(22)5-3-6-16(19)23/h3,5-6,11-13,26H,2,4,7-10H2,1H3. The SMILES string of the molecule is CCCC1CCC(O)(c2c(F)cc(-c3c(F)cccc3F)cc2F)CC1. The Labute approximate surface area is 150 Å². The van der Waals surface area contributed by atoms with Crippen LogP contribution in [0, 0.1) is 29.2 Å². The molecule has 3 rings (SSSR count). The summed E-state index contributed by atoms with van der Waals surface area (Å²) in [4.78, 5) is 0. The minimum absolute atomic E-state index is 0.220. The van der Waals surface area contributed by atoms with Crippen molar-refractivity contribution in [2.24, 2.45) is 5.92 Å². The van der Waals surface area contributed by atoms with Gasteiger partial charge in [0.05, 0.1) is 16.7 Å². The fraction of sp³-hybridized carbons (Fsp3) is 0.429. The summed E-state index contributed by atoms with van der Waals surface area (Å²) in [6.45, 7) is 2.08. The molecule has 1 aliphatic carbocycles. The molecule has 26 heavy (non-hydrogen) atoms. The summed E-state index contributed by atoms with van der Waals surface area (Å²) in [5.74, 6) is -3.28. The summed E-state index contributed by atoms with van der Waals surface area (Å²) >= 11 is 0. The number of benzene rings is 2. The molecule has 140 valence electrons. The Bertz CT molecular complexity index is 751. The molecule has 0 heterocycles. The molecule has 0 amide bonds. The maximum atomic E-state index is 14.7. The van der Waals surface area contributed by atoms with E-state index in [9.17, 15) is 22.7 Å². The van der Waals surface area contributed by atoms with E-state index in [1.165, 1.54) is 6.07 Å². The first-order valence-electron chi connectivity index (χ1n) is 9.02. The van der Waals surface area contributed by atoms with Crippen LogP contribution in [0.25, 0.3) is 11.1 Å². The molecule has 0 aromatic heterocycles. The quantitative estimate of drug-likeness (QED) is 0.650. The van der Waals surface area contributed by atoms with Gasteiger partial charge in [0.25, 0.3) is 0 Å². The summed E-state index contributed by atoms with van der Waals surface area (Å²) in [6, 6.07) is 5.05. The maximum Gasteiger partial charge on any atom is 0.133 e. The number of hydrogen-bond acceptors (Lipinski definition) is 1. The van der Waals surface area contributed by atoms with E-state index in [4.69, 9.17) is 0 Å². The Morgan fingerprint density at radius 3 is 2.00 bits per heavy atom. The van der Waals surface area contributed by atoms with E-state index in [1.807, 2.05) is 0 Å². The smallest absolute Gasteiger partial charge is 0.133 e. The molecule has 1 aliphatic rings. The first-order valence-corrected chi connectivity index (χ1v) is 9.02. The minimum atomic E-state index is -1.58. The summed E-state index contributed by atoms with van der Waals surface area (Å²) in [6.07, 6.45) is 4.03. The lowest BCUT2D eigenvalue weighted by molar-refractivity contribution is -0.0210. The molecule has 0 aliphatic heterocycles. The second kappa shape index (κ2) is 7.39. The van der Waals surface area contributed by atoms with Crippen LogP contribution >= 0.6 is 0 Å². The van der Waals surface area contributed by atoms with Crippen molar-refractivity contribution < 1.29 is 22.7 Å².